The average Bonchev–Trinajstić information content (AvgIpc) is 2.41. The number of nitrogens with zero attached hydrogens (tertiary/aromatic N) is 2. The van der Waals surface area contributed by atoms with Gasteiger partial charge in [-0.1, -0.05) is 0 Å². The molecule has 1 rings (SSSR count). The number of nitrogens with two attached hydrogens (primary N) is 1. The fraction of sp³-hybridized carbons (Fsp3) is 0.364. The number of rotatable bonds is 7. The molecule has 0 spiro atoms. The lowest BCUT2D eigenvalue weighted by molar-refractivity contribution is -0.139. The molecule has 0 aromatic carbocycles. The van der Waals surface area contributed by atoms with E-state index in [0.29, 0.717) is 5.69 Å². The number of primary amides is 1. The van der Waals surface area contributed by atoms with Crippen LogP contribution in [-0.2, 0) is 16.1 Å². The topological polar surface area (TPSA) is 147 Å². The third kappa shape index (κ3) is 5.76. The summed E-state index contributed by atoms with van der Waals surface area (Å²) in [5.74, 6) is -1.86. The highest BCUT2D eigenvalue weighted by Gasteiger charge is 2.20. The fourth-order valence-electron chi connectivity index (χ4n) is 1.35. The highest BCUT2D eigenvalue weighted by Crippen LogP contribution is 1.97. The summed E-state index contributed by atoms with van der Waals surface area (Å²) < 4.78 is 0. The summed E-state index contributed by atoms with van der Waals surface area (Å²) in [5, 5.41) is 13.6. The van der Waals surface area contributed by atoms with Gasteiger partial charge in [-0.2, -0.15) is 0 Å². The van der Waals surface area contributed by atoms with Crippen molar-refractivity contribution in [1.29, 1.82) is 0 Å². The number of aromatic nitrogens is 2. The molecule has 0 saturated carbocycles. The first-order valence-corrected chi connectivity index (χ1v) is 5.79. The van der Waals surface area contributed by atoms with E-state index in [9.17, 15) is 14.4 Å². The second-order valence-electron chi connectivity index (χ2n) is 3.92. The summed E-state index contributed by atoms with van der Waals surface area (Å²) in [6.07, 6.45) is 2.67. The second kappa shape index (κ2) is 7.67. The summed E-state index contributed by atoms with van der Waals surface area (Å²) in [6, 6.07) is -0.226. The molecule has 0 aliphatic heterocycles. The van der Waals surface area contributed by atoms with Crippen LogP contribution in [0.1, 0.15) is 18.5 Å². The molecule has 0 radical (unpaired) electrons. The predicted molar refractivity (Wildman–Crippen MR) is 67.3 cm³/mol. The highest BCUT2D eigenvalue weighted by molar-refractivity contribution is 5.83. The molecular formula is C11H15N5O4. The van der Waals surface area contributed by atoms with Gasteiger partial charge in [0, 0.05) is 12.6 Å². The van der Waals surface area contributed by atoms with Gasteiger partial charge >= 0.3 is 12.0 Å². The van der Waals surface area contributed by atoms with Crippen molar-refractivity contribution in [2.75, 3.05) is 0 Å². The molecule has 20 heavy (non-hydrogen) atoms. The number of nitrogens with one attached hydrogen (secondary N) is 2. The Morgan fingerprint density at radius 1 is 1.40 bits per heavy atom. The van der Waals surface area contributed by atoms with Gasteiger partial charge in [-0.25, -0.2) is 19.6 Å². The minimum Gasteiger partial charge on any atom is -0.480 e. The van der Waals surface area contributed by atoms with Gasteiger partial charge in [0.15, 0.2) is 0 Å². The molecule has 108 valence electrons. The largest absolute Gasteiger partial charge is 0.480 e. The number of carboxylic acids is 1. The minimum atomic E-state index is -1.23. The summed E-state index contributed by atoms with van der Waals surface area (Å²) >= 11 is 0. The van der Waals surface area contributed by atoms with E-state index in [1.165, 1.54) is 12.5 Å². The number of carbonyl (C=O) groups excluding carboxylic acids is 2. The standard InChI is InChI=1S/C11H15N5O4/c12-9(17)2-1-8(10(18)19)16-11(20)14-5-7-3-4-13-6-15-7/h3-4,6,8H,1-2,5H2,(H2,12,17)(H,18,19)(H2,14,16,20). The molecule has 0 bridgehead atoms. The van der Waals surface area contributed by atoms with Crippen molar-refractivity contribution in [3.05, 3.63) is 24.3 Å². The smallest absolute Gasteiger partial charge is 0.326 e. The lowest BCUT2D eigenvalue weighted by Gasteiger charge is -2.14. The summed E-state index contributed by atoms with van der Waals surface area (Å²) in [7, 11) is 0. The van der Waals surface area contributed by atoms with E-state index in [4.69, 9.17) is 10.8 Å². The van der Waals surface area contributed by atoms with Crippen molar-refractivity contribution in [3.8, 4) is 0 Å². The summed E-state index contributed by atoms with van der Waals surface area (Å²) in [4.78, 5) is 40.7. The third-order valence-corrected chi connectivity index (χ3v) is 2.36. The molecule has 1 unspecified atom stereocenters. The Kier molecular flexibility index (Phi) is 5.88. The summed E-state index contributed by atoms with van der Waals surface area (Å²) in [5.41, 5.74) is 5.51. The first-order chi connectivity index (χ1) is 9.49. The van der Waals surface area contributed by atoms with Gasteiger partial charge in [-0.3, -0.25) is 4.79 Å². The van der Waals surface area contributed by atoms with Crippen molar-refractivity contribution in [3.63, 3.8) is 0 Å². The van der Waals surface area contributed by atoms with E-state index in [0.717, 1.165) is 0 Å². The number of carbonyl (C=O) groups is 3. The minimum absolute atomic E-state index is 0.0639. The van der Waals surface area contributed by atoms with Gasteiger partial charge in [0.2, 0.25) is 5.91 Å². The van der Waals surface area contributed by atoms with E-state index in [2.05, 4.69) is 20.6 Å². The first kappa shape index (κ1) is 15.3. The molecule has 0 aliphatic carbocycles. The number of hydrogen-bond acceptors (Lipinski definition) is 5. The van der Waals surface area contributed by atoms with E-state index in [1.54, 1.807) is 6.07 Å². The van der Waals surface area contributed by atoms with Crippen LogP contribution < -0.4 is 16.4 Å². The Labute approximate surface area is 114 Å². The number of hydrogen-bond donors (Lipinski definition) is 4. The second-order valence-corrected chi connectivity index (χ2v) is 3.92. The number of aliphatic carboxylic acids is 1. The van der Waals surface area contributed by atoms with Crippen molar-refractivity contribution >= 4 is 17.9 Å². The maximum absolute atomic E-state index is 11.5. The molecule has 0 saturated heterocycles. The number of carboxylic acid groups (broad SMARTS) is 1. The van der Waals surface area contributed by atoms with Crippen molar-refractivity contribution in [2.24, 2.45) is 5.73 Å². The zero-order valence-corrected chi connectivity index (χ0v) is 10.6. The van der Waals surface area contributed by atoms with Crippen LogP contribution >= 0.6 is 0 Å². The van der Waals surface area contributed by atoms with Gasteiger partial charge in [0.25, 0.3) is 0 Å². The highest BCUT2D eigenvalue weighted by atomic mass is 16.4. The molecule has 1 aromatic rings. The normalized spacial score (nSPS) is 11.4. The predicted octanol–water partition coefficient (Wildman–Crippen LogP) is -1.01. The van der Waals surface area contributed by atoms with E-state index in [-0.39, 0.29) is 19.4 Å². The van der Waals surface area contributed by atoms with E-state index in [1.807, 2.05) is 0 Å². The lowest BCUT2D eigenvalue weighted by Crippen LogP contribution is -2.46. The molecular weight excluding hydrogens is 266 g/mol. The van der Waals surface area contributed by atoms with E-state index >= 15 is 0 Å². The van der Waals surface area contributed by atoms with Gasteiger partial charge < -0.3 is 21.5 Å². The molecule has 5 N–H and O–H groups in total. The van der Waals surface area contributed by atoms with Crippen molar-refractivity contribution in [2.45, 2.75) is 25.4 Å². The van der Waals surface area contributed by atoms with Crippen molar-refractivity contribution < 1.29 is 19.5 Å². The molecule has 9 nitrogen and oxygen atoms in total. The van der Waals surface area contributed by atoms with Gasteiger partial charge in [-0.15, -0.1) is 0 Å². The van der Waals surface area contributed by atoms with E-state index < -0.39 is 23.9 Å². The maximum atomic E-state index is 11.5. The Morgan fingerprint density at radius 3 is 2.70 bits per heavy atom. The number of amides is 3. The number of urea groups is 1. The SMILES string of the molecule is NC(=O)CCC(NC(=O)NCc1ccncn1)C(=O)O. The first-order valence-electron chi connectivity index (χ1n) is 5.79. The van der Waals surface area contributed by atoms with Crippen LogP contribution in [0.2, 0.25) is 0 Å². The van der Waals surface area contributed by atoms with Crippen LogP contribution in [-0.4, -0.2) is 39.0 Å². The quantitative estimate of drug-likeness (QED) is 0.503. The monoisotopic (exact) mass is 281 g/mol. The molecule has 1 heterocycles. The molecule has 0 aliphatic rings. The molecule has 0 fully saturated rings. The Balaban J connectivity index is 2.41. The molecule has 1 aromatic heterocycles. The van der Waals surface area contributed by atoms with Gasteiger partial charge in [0.05, 0.1) is 12.2 Å². The van der Waals surface area contributed by atoms with Crippen LogP contribution in [0.5, 0.6) is 0 Å². The van der Waals surface area contributed by atoms with Crippen LogP contribution in [0.15, 0.2) is 18.6 Å². The van der Waals surface area contributed by atoms with Gasteiger partial charge in [0.1, 0.15) is 12.4 Å². The Morgan fingerprint density at radius 2 is 2.15 bits per heavy atom. The molecule has 9 heteroatoms. The zero-order valence-electron chi connectivity index (χ0n) is 10.6. The van der Waals surface area contributed by atoms with Crippen LogP contribution in [0.3, 0.4) is 0 Å². The lowest BCUT2D eigenvalue weighted by atomic mass is 10.1. The van der Waals surface area contributed by atoms with Crippen LogP contribution in [0.4, 0.5) is 4.79 Å². The maximum Gasteiger partial charge on any atom is 0.326 e. The van der Waals surface area contributed by atoms with Crippen molar-refractivity contribution in [1.82, 2.24) is 20.6 Å². The third-order valence-electron chi connectivity index (χ3n) is 2.36. The van der Waals surface area contributed by atoms with Gasteiger partial charge in [-0.05, 0) is 12.5 Å². The fourth-order valence-corrected chi connectivity index (χ4v) is 1.35. The van der Waals surface area contributed by atoms with Crippen LogP contribution in [0, 0.1) is 0 Å². The average molecular weight is 281 g/mol. The summed E-state index contributed by atoms with van der Waals surface area (Å²) in [6.45, 7) is 0.135. The Bertz CT molecular complexity index is 479. The molecule has 3 amide bonds. The Hall–Kier alpha value is -2.71. The van der Waals surface area contributed by atoms with Crippen LogP contribution in [0.25, 0.3) is 0 Å². The zero-order chi connectivity index (χ0) is 15.0. The molecule has 1 atom stereocenters.